The number of ether oxygens (including phenoxy) is 1. The van der Waals surface area contributed by atoms with E-state index in [1.807, 2.05) is 0 Å². The lowest BCUT2D eigenvalue weighted by Gasteiger charge is -2.26. The number of rotatable bonds is 4. The molecule has 2 aromatic rings. The Labute approximate surface area is 146 Å². The number of hydrogen-bond donors (Lipinski definition) is 2. The van der Waals surface area contributed by atoms with E-state index in [1.54, 1.807) is 0 Å². The van der Waals surface area contributed by atoms with Crippen LogP contribution in [0.4, 0.5) is 18.9 Å². The summed E-state index contributed by atoms with van der Waals surface area (Å²) in [7, 11) is 0. The summed E-state index contributed by atoms with van der Waals surface area (Å²) in [5.41, 5.74) is 6.80. The first-order valence-corrected chi connectivity index (χ1v) is 8.00. The lowest BCUT2D eigenvalue weighted by atomic mass is 9.92. The normalized spacial score (nSPS) is 17.1. The predicted molar refractivity (Wildman–Crippen MR) is 84.9 cm³/mol. The molecule has 1 aliphatic rings. The Morgan fingerprint density at radius 1 is 1.23 bits per heavy atom. The van der Waals surface area contributed by atoms with Gasteiger partial charge in [-0.1, -0.05) is 5.16 Å². The SMILES string of the molecule is NC(C(=O)Nc1ccc(-c2noc(C(F)(F)F)n2)cc1)C1CCOCC1. The monoisotopic (exact) mass is 370 g/mol. The van der Waals surface area contributed by atoms with Gasteiger partial charge in [-0.15, -0.1) is 0 Å². The molecule has 3 rings (SSSR count). The Bertz CT molecular complexity index is 755. The van der Waals surface area contributed by atoms with E-state index in [4.69, 9.17) is 10.5 Å². The largest absolute Gasteiger partial charge is 0.471 e. The van der Waals surface area contributed by atoms with Gasteiger partial charge in [-0.25, -0.2) is 0 Å². The number of nitrogens with two attached hydrogens (primary N) is 1. The number of aromatic nitrogens is 2. The minimum absolute atomic E-state index is 0.0585. The summed E-state index contributed by atoms with van der Waals surface area (Å²) in [5, 5.41) is 6.01. The van der Waals surface area contributed by atoms with Crippen LogP contribution in [0.25, 0.3) is 11.4 Å². The highest BCUT2D eigenvalue weighted by atomic mass is 19.4. The molecule has 1 unspecified atom stereocenters. The highest BCUT2D eigenvalue weighted by Crippen LogP contribution is 2.29. The molecule has 2 heterocycles. The second-order valence-electron chi connectivity index (χ2n) is 5.96. The van der Waals surface area contributed by atoms with Crippen LogP contribution < -0.4 is 11.1 Å². The van der Waals surface area contributed by atoms with E-state index in [1.165, 1.54) is 24.3 Å². The minimum Gasteiger partial charge on any atom is -0.381 e. The number of carbonyl (C=O) groups excluding carboxylic acids is 1. The molecule has 3 N–H and O–H groups in total. The number of hydrogen-bond acceptors (Lipinski definition) is 6. The topological polar surface area (TPSA) is 103 Å². The Morgan fingerprint density at radius 2 is 1.88 bits per heavy atom. The maximum Gasteiger partial charge on any atom is 0.471 e. The molecule has 0 aliphatic carbocycles. The summed E-state index contributed by atoms with van der Waals surface area (Å²) in [6.07, 6.45) is -3.24. The van der Waals surface area contributed by atoms with Crippen molar-refractivity contribution in [3.63, 3.8) is 0 Å². The van der Waals surface area contributed by atoms with Crippen LogP contribution in [0.3, 0.4) is 0 Å². The van der Waals surface area contributed by atoms with Gasteiger partial charge in [0.25, 0.3) is 0 Å². The zero-order valence-electron chi connectivity index (χ0n) is 13.6. The molecule has 1 fully saturated rings. The fraction of sp³-hybridized carbons (Fsp3) is 0.438. The van der Waals surface area contributed by atoms with E-state index in [2.05, 4.69) is 20.0 Å². The van der Waals surface area contributed by atoms with E-state index in [-0.39, 0.29) is 17.6 Å². The van der Waals surface area contributed by atoms with Gasteiger partial charge in [0.05, 0.1) is 6.04 Å². The Morgan fingerprint density at radius 3 is 2.46 bits per heavy atom. The summed E-state index contributed by atoms with van der Waals surface area (Å²) in [6.45, 7) is 1.18. The molecular weight excluding hydrogens is 353 g/mol. The van der Waals surface area contributed by atoms with Crippen LogP contribution >= 0.6 is 0 Å². The highest BCUT2D eigenvalue weighted by Gasteiger charge is 2.38. The average molecular weight is 370 g/mol. The summed E-state index contributed by atoms with van der Waals surface area (Å²) in [4.78, 5) is 15.5. The smallest absolute Gasteiger partial charge is 0.381 e. The number of nitrogens with zero attached hydrogens (tertiary/aromatic N) is 2. The van der Waals surface area contributed by atoms with Gasteiger partial charge in [0.15, 0.2) is 0 Å². The molecule has 1 amide bonds. The van der Waals surface area contributed by atoms with Crippen molar-refractivity contribution < 1.29 is 27.2 Å². The van der Waals surface area contributed by atoms with E-state index < -0.39 is 18.1 Å². The molecule has 1 atom stereocenters. The molecule has 1 aromatic heterocycles. The summed E-state index contributed by atoms with van der Waals surface area (Å²) in [5.74, 6) is -1.85. The zero-order chi connectivity index (χ0) is 18.7. The summed E-state index contributed by atoms with van der Waals surface area (Å²) in [6, 6.07) is 5.40. The molecule has 10 heteroatoms. The van der Waals surface area contributed by atoms with Gasteiger partial charge in [-0.3, -0.25) is 4.79 Å². The lowest BCUT2D eigenvalue weighted by molar-refractivity contribution is -0.159. The molecule has 26 heavy (non-hydrogen) atoms. The Hall–Kier alpha value is -2.46. The fourth-order valence-electron chi connectivity index (χ4n) is 2.67. The highest BCUT2D eigenvalue weighted by molar-refractivity contribution is 5.95. The first kappa shape index (κ1) is 18.3. The second-order valence-corrected chi connectivity index (χ2v) is 5.96. The quantitative estimate of drug-likeness (QED) is 0.857. The van der Waals surface area contributed by atoms with Crippen molar-refractivity contribution in [2.75, 3.05) is 18.5 Å². The third-order valence-corrected chi connectivity index (χ3v) is 4.16. The van der Waals surface area contributed by atoms with Gasteiger partial charge in [-0.05, 0) is 43.0 Å². The van der Waals surface area contributed by atoms with Crippen molar-refractivity contribution in [2.45, 2.75) is 25.1 Å². The van der Waals surface area contributed by atoms with Gasteiger partial charge < -0.3 is 20.3 Å². The summed E-state index contributed by atoms with van der Waals surface area (Å²) < 4.78 is 46.9. The molecule has 0 spiro atoms. The van der Waals surface area contributed by atoms with E-state index >= 15 is 0 Å². The number of carbonyl (C=O) groups is 1. The van der Waals surface area contributed by atoms with Gasteiger partial charge >= 0.3 is 12.1 Å². The number of nitrogens with one attached hydrogen (secondary N) is 1. The van der Waals surface area contributed by atoms with Crippen LogP contribution in [0.1, 0.15) is 18.7 Å². The first-order valence-electron chi connectivity index (χ1n) is 8.00. The standard InChI is InChI=1S/C16H17F3N4O3/c17-16(18,19)15-22-13(23-26-15)10-1-3-11(4-2-10)21-14(24)12(20)9-5-7-25-8-6-9/h1-4,9,12H,5-8,20H2,(H,21,24). The van der Waals surface area contributed by atoms with E-state index in [0.717, 1.165) is 12.8 Å². The van der Waals surface area contributed by atoms with Crippen LogP contribution in [0, 0.1) is 5.92 Å². The second kappa shape index (κ2) is 7.42. The maximum atomic E-state index is 12.5. The van der Waals surface area contributed by atoms with Crippen molar-refractivity contribution >= 4 is 11.6 Å². The Kier molecular flexibility index (Phi) is 5.23. The van der Waals surface area contributed by atoms with Crippen molar-refractivity contribution in [2.24, 2.45) is 11.7 Å². The van der Waals surface area contributed by atoms with Crippen LogP contribution in [0.2, 0.25) is 0 Å². The van der Waals surface area contributed by atoms with Gasteiger partial charge in [0, 0.05) is 24.5 Å². The van der Waals surface area contributed by atoms with Gasteiger partial charge in [0.2, 0.25) is 11.7 Å². The van der Waals surface area contributed by atoms with Crippen molar-refractivity contribution in [1.29, 1.82) is 0 Å². The van der Waals surface area contributed by atoms with E-state index in [0.29, 0.717) is 24.5 Å². The molecule has 7 nitrogen and oxygen atoms in total. The predicted octanol–water partition coefficient (Wildman–Crippen LogP) is 2.45. The molecule has 0 bridgehead atoms. The number of amides is 1. The third kappa shape index (κ3) is 4.20. The van der Waals surface area contributed by atoms with E-state index in [9.17, 15) is 18.0 Å². The molecular formula is C16H17F3N4O3. The molecule has 140 valence electrons. The third-order valence-electron chi connectivity index (χ3n) is 4.16. The number of benzene rings is 1. The molecule has 1 saturated heterocycles. The number of anilines is 1. The maximum absolute atomic E-state index is 12.5. The number of halogens is 3. The van der Waals surface area contributed by atoms with Crippen molar-refractivity contribution in [3.05, 3.63) is 30.2 Å². The van der Waals surface area contributed by atoms with Gasteiger partial charge in [0.1, 0.15) is 0 Å². The fourth-order valence-corrected chi connectivity index (χ4v) is 2.67. The average Bonchev–Trinajstić information content (AvgIpc) is 3.13. The Balaban J connectivity index is 1.64. The van der Waals surface area contributed by atoms with Crippen molar-refractivity contribution in [1.82, 2.24) is 10.1 Å². The molecule has 0 radical (unpaired) electrons. The molecule has 1 aliphatic heterocycles. The lowest BCUT2D eigenvalue weighted by Crippen LogP contribution is -2.43. The minimum atomic E-state index is -4.69. The molecule has 0 saturated carbocycles. The van der Waals surface area contributed by atoms with Crippen LogP contribution in [-0.2, 0) is 15.7 Å². The van der Waals surface area contributed by atoms with Crippen LogP contribution in [0.5, 0.6) is 0 Å². The van der Waals surface area contributed by atoms with Crippen LogP contribution in [0.15, 0.2) is 28.8 Å². The van der Waals surface area contributed by atoms with Crippen LogP contribution in [-0.4, -0.2) is 35.3 Å². The number of alkyl halides is 3. The first-order chi connectivity index (χ1) is 12.3. The zero-order valence-corrected chi connectivity index (χ0v) is 13.6. The summed E-state index contributed by atoms with van der Waals surface area (Å²) >= 11 is 0. The molecule has 1 aromatic carbocycles. The van der Waals surface area contributed by atoms with Crippen molar-refractivity contribution in [3.8, 4) is 11.4 Å². The van der Waals surface area contributed by atoms with Gasteiger partial charge in [-0.2, -0.15) is 18.2 Å².